The first-order valence-corrected chi connectivity index (χ1v) is 13.6. The molecule has 2 unspecified atom stereocenters. The Hall–Kier alpha value is -4.17. The predicted molar refractivity (Wildman–Crippen MR) is 152 cm³/mol. The number of aliphatic carboxylic acids is 1. The quantitative estimate of drug-likeness (QED) is 0.286. The third-order valence-corrected chi connectivity index (χ3v) is 7.22. The number of carbonyl (C=O) groups is 3. The standard InChI is InChI=1S/C32H36N2O6/c1-22(39-20-23-12-4-3-5-13-23)30(31(37)34(2)19-11-10-18-29(35)36)33-32(38)40-21-28-26-16-8-6-14-24(26)25-15-7-9-17-27(25)28/h3-9,12-17,22,28,30H,10-11,18-21H2,1-2H3,(H,33,38)(H,35,36). The average Bonchev–Trinajstić information content (AvgIpc) is 3.29. The van der Waals surface area contributed by atoms with Crippen LogP contribution in [-0.4, -0.2) is 60.3 Å². The SMILES string of the molecule is CC(OCc1ccccc1)C(NC(=O)OCC1c2ccccc2-c2ccccc21)C(=O)N(C)CCCCC(=O)O. The molecule has 2 atom stereocenters. The van der Waals surface area contributed by atoms with Gasteiger partial charge >= 0.3 is 12.1 Å². The maximum absolute atomic E-state index is 13.4. The largest absolute Gasteiger partial charge is 0.481 e. The van der Waals surface area contributed by atoms with E-state index >= 15 is 0 Å². The minimum Gasteiger partial charge on any atom is -0.481 e. The molecule has 0 radical (unpaired) electrons. The van der Waals surface area contributed by atoms with Crippen molar-refractivity contribution in [3.63, 3.8) is 0 Å². The van der Waals surface area contributed by atoms with Gasteiger partial charge in [-0.3, -0.25) is 9.59 Å². The van der Waals surface area contributed by atoms with E-state index in [1.165, 1.54) is 4.90 Å². The number of carbonyl (C=O) groups excluding carboxylic acids is 2. The maximum Gasteiger partial charge on any atom is 0.407 e. The highest BCUT2D eigenvalue weighted by atomic mass is 16.5. The number of benzene rings is 3. The Bertz CT molecular complexity index is 1270. The van der Waals surface area contributed by atoms with E-state index in [0.717, 1.165) is 27.8 Å². The van der Waals surface area contributed by atoms with Crippen LogP contribution in [0.25, 0.3) is 11.1 Å². The van der Waals surface area contributed by atoms with E-state index in [-0.39, 0.29) is 31.5 Å². The monoisotopic (exact) mass is 544 g/mol. The molecule has 0 aliphatic heterocycles. The number of hydrogen-bond acceptors (Lipinski definition) is 5. The van der Waals surface area contributed by atoms with E-state index < -0.39 is 24.2 Å². The molecular weight excluding hydrogens is 508 g/mol. The molecule has 0 heterocycles. The van der Waals surface area contributed by atoms with Crippen molar-refractivity contribution in [1.29, 1.82) is 0 Å². The van der Waals surface area contributed by atoms with Crippen LogP contribution in [0, 0.1) is 0 Å². The van der Waals surface area contributed by atoms with Crippen molar-refractivity contribution < 1.29 is 29.0 Å². The van der Waals surface area contributed by atoms with Crippen molar-refractivity contribution in [2.45, 2.75) is 50.9 Å². The van der Waals surface area contributed by atoms with Gasteiger partial charge in [0.1, 0.15) is 12.6 Å². The molecule has 8 heteroatoms. The molecule has 3 aromatic rings. The van der Waals surface area contributed by atoms with Crippen LogP contribution in [-0.2, 0) is 25.7 Å². The van der Waals surface area contributed by atoms with Crippen LogP contribution in [0.15, 0.2) is 78.9 Å². The highest BCUT2D eigenvalue weighted by molar-refractivity contribution is 5.86. The summed E-state index contributed by atoms with van der Waals surface area (Å²) in [7, 11) is 1.64. The maximum atomic E-state index is 13.4. The number of carboxylic acid groups (broad SMARTS) is 1. The fourth-order valence-electron chi connectivity index (χ4n) is 5.02. The second-order valence-corrected chi connectivity index (χ2v) is 10.1. The minimum atomic E-state index is -0.983. The lowest BCUT2D eigenvalue weighted by Crippen LogP contribution is -2.53. The number of carboxylic acids is 1. The van der Waals surface area contributed by atoms with Crippen molar-refractivity contribution in [2.75, 3.05) is 20.2 Å². The van der Waals surface area contributed by atoms with Gasteiger partial charge in [-0.25, -0.2) is 4.79 Å². The Morgan fingerprint density at radius 1 is 0.900 bits per heavy atom. The third-order valence-electron chi connectivity index (χ3n) is 7.22. The second kappa shape index (κ2) is 13.8. The Kier molecular flexibility index (Phi) is 9.91. The summed E-state index contributed by atoms with van der Waals surface area (Å²) in [5, 5.41) is 11.6. The van der Waals surface area contributed by atoms with Crippen LogP contribution in [0.5, 0.6) is 0 Å². The lowest BCUT2D eigenvalue weighted by atomic mass is 9.98. The van der Waals surface area contributed by atoms with E-state index in [1.807, 2.05) is 66.7 Å². The molecule has 2 amide bonds. The summed E-state index contributed by atoms with van der Waals surface area (Å²) < 4.78 is 11.7. The topological polar surface area (TPSA) is 105 Å². The number of amides is 2. The number of alkyl carbamates (subject to hydrolysis) is 1. The Morgan fingerprint density at radius 2 is 1.50 bits per heavy atom. The molecule has 210 valence electrons. The smallest absolute Gasteiger partial charge is 0.407 e. The molecule has 0 bridgehead atoms. The van der Waals surface area contributed by atoms with Crippen molar-refractivity contribution in [1.82, 2.24) is 10.2 Å². The molecular formula is C32H36N2O6. The zero-order valence-electron chi connectivity index (χ0n) is 22.9. The number of nitrogens with zero attached hydrogens (tertiary/aromatic N) is 1. The number of likely N-dealkylation sites (N-methyl/N-ethyl adjacent to an activating group) is 1. The van der Waals surface area contributed by atoms with Crippen LogP contribution in [0.3, 0.4) is 0 Å². The fraction of sp³-hybridized carbons (Fsp3) is 0.344. The molecule has 0 aromatic heterocycles. The molecule has 1 aliphatic rings. The Labute approximate surface area is 234 Å². The van der Waals surface area contributed by atoms with Crippen LogP contribution in [0.2, 0.25) is 0 Å². The van der Waals surface area contributed by atoms with Gasteiger partial charge in [-0.15, -0.1) is 0 Å². The molecule has 4 rings (SSSR count). The molecule has 8 nitrogen and oxygen atoms in total. The van der Waals surface area contributed by atoms with Gasteiger partial charge in [0.2, 0.25) is 5.91 Å². The highest BCUT2D eigenvalue weighted by Crippen LogP contribution is 2.44. The number of hydrogen-bond donors (Lipinski definition) is 2. The van der Waals surface area contributed by atoms with Crippen molar-refractivity contribution in [3.05, 3.63) is 95.6 Å². The first-order valence-electron chi connectivity index (χ1n) is 13.6. The molecule has 2 N–H and O–H groups in total. The second-order valence-electron chi connectivity index (χ2n) is 10.1. The average molecular weight is 545 g/mol. The molecule has 0 saturated heterocycles. The molecule has 0 fully saturated rings. The van der Waals surface area contributed by atoms with Crippen LogP contribution < -0.4 is 5.32 Å². The van der Waals surface area contributed by atoms with E-state index in [1.54, 1.807) is 14.0 Å². The molecule has 1 aliphatic carbocycles. The zero-order valence-corrected chi connectivity index (χ0v) is 22.9. The van der Waals surface area contributed by atoms with Crippen molar-refractivity contribution in [3.8, 4) is 11.1 Å². The number of nitrogens with one attached hydrogen (secondary N) is 1. The zero-order chi connectivity index (χ0) is 28.5. The number of unbranched alkanes of at least 4 members (excludes halogenated alkanes) is 1. The van der Waals surface area contributed by atoms with Gasteiger partial charge < -0.3 is 24.8 Å². The van der Waals surface area contributed by atoms with Crippen molar-refractivity contribution >= 4 is 18.0 Å². The van der Waals surface area contributed by atoms with E-state index in [9.17, 15) is 14.4 Å². The third kappa shape index (κ3) is 7.27. The summed E-state index contributed by atoms with van der Waals surface area (Å²) in [6.07, 6.45) is -0.312. The van der Waals surface area contributed by atoms with Crippen LogP contribution in [0.1, 0.15) is 48.8 Å². The molecule has 0 spiro atoms. The number of fused-ring (bicyclic) bond motifs is 3. The van der Waals surface area contributed by atoms with Crippen molar-refractivity contribution in [2.24, 2.45) is 0 Å². The summed E-state index contributed by atoms with van der Waals surface area (Å²) in [6, 6.07) is 24.8. The van der Waals surface area contributed by atoms with E-state index in [2.05, 4.69) is 17.4 Å². The summed E-state index contributed by atoms with van der Waals surface area (Å²) in [5.74, 6) is -1.30. The van der Waals surface area contributed by atoms with Gasteiger partial charge in [0.25, 0.3) is 0 Å². The lowest BCUT2D eigenvalue weighted by molar-refractivity contribution is -0.137. The van der Waals surface area contributed by atoms with E-state index in [4.69, 9.17) is 14.6 Å². The molecule has 0 saturated carbocycles. The normalized spacial score (nSPS) is 13.6. The van der Waals surface area contributed by atoms with Crippen LogP contribution in [0.4, 0.5) is 4.79 Å². The van der Waals surface area contributed by atoms with Crippen LogP contribution >= 0.6 is 0 Å². The summed E-state index contributed by atoms with van der Waals surface area (Å²) >= 11 is 0. The Morgan fingerprint density at radius 3 is 2.12 bits per heavy atom. The van der Waals surface area contributed by atoms with Gasteiger partial charge in [0, 0.05) is 25.9 Å². The Balaban J connectivity index is 1.41. The van der Waals surface area contributed by atoms with Gasteiger partial charge in [0.15, 0.2) is 0 Å². The minimum absolute atomic E-state index is 0.0417. The van der Waals surface area contributed by atoms with Gasteiger partial charge in [-0.05, 0) is 47.6 Å². The van der Waals surface area contributed by atoms with Gasteiger partial charge in [-0.1, -0.05) is 78.9 Å². The fourth-order valence-corrected chi connectivity index (χ4v) is 5.02. The number of ether oxygens (including phenoxy) is 2. The summed E-state index contributed by atoms with van der Waals surface area (Å²) in [4.78, 5) is 38.8. The molecule has 40 heavy (non-hydrogen) atoms. The predicted octanol–water partition coefficient (Wildman–Crippen LogP) is 5.21. The highest BCUT2D eigenvalue weighted by Gasteiger charge is 2.32. The van der Waals surface area contributed by atoms with Gasteiger partial charge in [0.05, 0.1) is 12.7 Å². The molecule has 3 aromatic carbocycles. The van der Waals surface area contributed by atoms with E-state index in [0.29, 0.717) is 19.4 Å². The summed E-state index contributed by atoms with van der Waals surface area (Å²) in [5.41, 5.74) is 5.42. The first kappa shape index (κ1) is 28.8. The summed E-state index contributed by atoms with van der Waals surface area (Å²) in [6.45, 7) is 2.51. The first-order chi connectivity index (χ1) is 19.3. The number of rotatable bonds is 13. The lowest BCUT2D eigenvalue weighted by Gasteiger charge is -2.29. The van der Waals surface area contributed by atoms with Gasteiger partial charge in [-0.2, -0.15) is 0 Å².